The topological polar surface area (TPSA) is 47.9 Å². The minimum absolute atomic E-state index is 0.117. The Bertz CT molecular complexity index is 467. The normalized spacial score (nSPS) is 25.1. The number of aliphatic hydroxyl groups excluding tert-OH is 1. The molecule has 3 unspecified atom stereocenters. The van der Waals surface area contributed by atoms with Gasteiger partial charge in [-0.05, 0) is 50.4 Å². The van der Waals surface area contributed by atoms with Crippen LogP contribution in [-0.4, -0.2) is 37.1 Å². The summed E-state index contributed by atoms with van der Waals surface area (Å²) in [7, 11) is 1.62. The predicted octanol–water partition coefficient (Wildman–Crippen LogP) is 3.53. The number of aliphatic hydroxyl groups is 1. The fourth-order valence-electron chi connectivity index (χ4n) is 2.07. The van der Waals surface area contributed by atoms with Crippen molar-refractivity contribution in [2.75, 3.05) is 13.7 Å². The van der Waals surface area contributed by atoms with Gasteiger partial charge in [-0.3, -0.25) is 0 Å². The quantitative estimate of drug-likeness (QED) is 0.780. The van der Waals surface area contributed by atoms with Crippen molar-refractivity contribution in [1.29, 1.82) is 0 Å². The molecule has 2 rings (SSSR count). The summed E-state index contributed by atoms with van der Waals surface area (Å²) >= 11 is 6.90. The molecule has 112 valence electrons. The van der Waals surface area contributed by atoms with Crippen molar-refractivity contribution in [2.24, 2.45) is 0 Å². The van der Waals surface area contributed by atoms with Gasteiger partial charge in [-0.1, -0.05) is 6.92 Å². The van der Waals surface area contributed by atoms with Gasteiger partial charge < -0.3 is 19.3 Å². The van der Waals surface area contributed by atoms with Gasteiger partial charge in [0, 0.05) is 13.0 Å². The molecule has 0 aromatic heterocycles. The molecule has 4 nitrogen and oxygen atoms in total. The molecule has 0 radical (unpaired) electrons. The van der Waals surface area contributed by atoms with Crippen molar-refractivity contribution < 1.29 is 19.3 Å². The SMILES string of the molecule is CCCOC1C(O)CC1Oc1cc(Br)c(OC)cc1Br. The van der Waals surface area contributed by atoms with Crippen LogP contribution < -0.4 is 9.47 Å². The van der Waals surface area contributed by atoms with E-state index in [2.05, 4.69) is 31.9 Å². The largest absolute Gasteiger partial charge is 0.496 e. The van der Waals surface area contributed by atoms with Crippen molar-refractivity contribution in [1.82, 2.24) is 0 Å². The molecule has 0 bridgehead atoms. The Hall–Kier alpha value is -0.300. The van der Waals surface area contributed by atoms with E-state index < -0.39 is 6.10 Å². The lowest BCUT2D eigenvalue weighted by molar-refractivity contribution is -0.162. The van der Waals surface area contributed by atoms with Gasteiger partial charge in [0.15, 0.2) is 0 Å². The molecular weight excluding hydrogens is 392 g/mol. The molecule has 1 aromatic carbocycles. The molecule has 1 fully saturated rings. The number of benzene rings is 1. The molecule has 0 aliphatic heterocycles. The number of methoxy groups -OCH3 is 1. The van der Waals surface area contributed by atoms with E-state index in [1.54, 1.807) is 7.11 Å². The number of hydrogen-bond acceptors (Lipinski definition) is 4. The van der Waals surface area contributed by atoms with Gasteiger partial charge in [-0.25, -0.2) is 0 Å². The fourth-order valence-corrected chi connectivity index (χ4v) is 2.97. The molecule has 1 aliphatic rings. The van der Waals surface area contributed by atoms with Crippen LogP contribution in [0, 0.1) is 0 Å². The highest BCUT2D eigenvalue weighted by Gasteiger charge is 2.43. The van der Waals surface area contributed by atoms with Crippen LogP contribution in [0.2, 0.25) is 0 Å². The Balaban J connectivity index is 2.05. The van der Waals surface area contributed by atoms with Crippen molar-refractivity contribution in [3.63, 3.8) is 0 Å². The zero-order chi connectivity index (χ0) is 14.7. The standard InChI is InChI=1S/C14H18Br2O4/c1-3-4-19-14-10(17)7-13(14)20-12-6-8(15)11(18-2)5-9(12)16/h5-6,10,13-14,17H,3-4,7H2,1-2H3. The van der Waals surface area contributed by atoms with Crippen LogP contribution in [0.15, 0.2) is 21.1 Å². The molecule has 1 aliphatic carbocycles. The maximum absolute atomic E-state index is 9.74. The summed E-state index contributed by atoms with van der Waals surface area (Å²) < 4.78 is 18.4. The Morgan fingerprint density at radius 1 is 1.25 bits per heavy atom. The zero-order valence-corrected chi connectivity index (χ0v) is 14.6. The third kappa shape index (κ3) is 3.47. The molecule has 6 heteroatoms. The van der Waals surface area contributed by atoms with Gasteiger partial charge in [0.1, 0.15) is 23.7 Å². The lowest BCUT2D eigenvalue weighted by atomic mass is 9.88. The Morgan fingerprint density at radius 2 is 1.90 bits per heavy atom. The van der Waals surface area contributed by atoms with Gasteiger partial charge in [0.2, 0.25) is 0 Å². The maximum Gasteiger partial charge on any atom is 0.135 e. The first-order valence-electron chi connectivity index (χ1n) is 6.56. The molecule has 0 amide bonds. The van der Waals surface area contributed by atoms with Gasteiger partial charge in [0.25, 0.3) is 0 Å². The van der Waals surface area contributed by atoms with Gasteiger partial charge in [0.05, 0.1) is 22.2 Å². The average Bonchev–Trinajstić information content (AvgIpc) is 2.42. The van der Waals surface area contributed by atoms with Crippen LogP contribution in [0.3, 0.4) is 0 Å². The molecule has 1 N–H and O–H groups in total. The van der Waals surface area contributed by atoms with Gasteiger partial charge in [-0.2, -0.15) is 0 Å². The smallest absolute Gasteiger partial charge is 0.135 e. The minimum atomic E-state index is -0.438. The van der Waals surface area contributed by atoms with Crippen LogP contribution in [-0.2, 0) is 4.74 Å². The highest BCUT2D eigenvalue weighted by Crippen LogP contribution is 2.38. The summed E-state index contributed by atoms with van der Waals surface area (Å²) in [6.45, 7) is 2.67. The summed E-state index contributed by atoms with van der Waals surface area (Å²) in [6, 6.07) is 3.70. The first-order chi connectivity index (χ1) is 9.56. The number of halogens is 2. The number of ether oxygens (including phenoxy) is 3. The first kappa shape index (κ1) is 16.1. The van der Waals surface area contributed by atoms with E-state index in [-0.39, 0.29) is 12.2 Å². The summed E-state index contributed by atoms with van der Waals surface area (Å²) in [5.41, 5.74) is 0. The molecule has 0 saturated heterocycles. The van der Waals surface area contributed by atoms with Crippen LogP contribution in [0.4, 0.5) is 0 Å². The van der Waals surface area contributed by atoms with E-state index in [1.807, 2.05) is 19.1 Å². The number of hydrogen-bond donors (Lipinski definition) is 1. The molecule has 0 spiro atoms. The van der Waals surface area contributed by atoms with E-state index in [0.717, 1.165) is 21.1 Å². The van der Waals surface area contributed by atoms with E-state index in [4.69, 9.17) is 14.2 Å². The second-order valence-corrected chi connectivity index (χ2v) is 6.42. The molecule has 1 saturated carbocycles. The molecule has 3 atom stereocenters. The lowest BCUT2D eigenvalue weighted by Crippen LogP contribution is -2.55. The van der Waals surface area contributed by atoms with Crippen LogP contribution in [0.1, 0.15) is 19.8 Å². The van der Waals surface area contributed by atoms with Gasteiger partial charge in [-0.15, -0.1) is 0 Å². The van der Waals surface area contributed by atoms with Crippen molar-refractivity contribution in [3.05, 3.63) is 21.1 Å². The third-order valence-corrected chi connectivity index (χ3v) is 4.46. The van der Waals surface area contributed by atoms with Crippen LogP contribution in [0.5, 0.6) is 11.5 Å². The fraction of sp³-hybridized carbons (Fsp3) is 0.571. The second kappa shape index (κ2) is 7.11. The Morgan fingerprint density at radius 3 is 2.50 bits per heavy atom. The van der Waals surface area contributed by atoms with Crippen LogP contribution in [0.25, 0.3) is 0 Å². The van der Waals surface area contributed by atoms with E-state index in [9.17, 15) is 5.11 Å². The number of rotatable bonds is 6. The van der Waals surface area contributed by atoms with E-state index in [1.165, 1.54) is 0 Å². The highest BCUT2D eigenvalue weighted by molar-refractivity contribution is 9.11. The molecule has 20 heavy (non-hydrogen) atoms. The van der Waals surface area contributed by atoms with E-state index >= 15 is 0 Å². The first-order valence-corrected chi connectivity index (χ1v) is 8.14. The molecular formula is C14H18Br2O4. The minimum Gasteiger partial charge on any atom is -0.496 e. The maximum atomic E-state index is 9.74. The molecule has 1 aromatic rings. The summed E-state index contributed by atoms with van der Waals surface area (Å²) in [6.07, 6.45) is 0.709. The Labute approximate surface area is 135 Å². The monoisotopic (exact) mass is 408 g/mol. The summed E-state index contributed by atoms with van der Waals surface area (Å²) in [5, 5.41) is 9.74. The van der Waals surface area contributed by atoms with E-state index in [0.29, 0.717) is 18.8 Å². The van der Waals surface area contributed by atoms with Crippen molar-refractivity contribution in [2.45, 2.75) is 38.1 Å². The summed E-state index contributed by atoms with van der Waals surface area (Å²) in [5.74, 6) is 1.44. The average molecular weight is 410 g/mol. The molecule has 0 heterocycles. The Kier molecular flexibility index (Phi) is 5.72. The third-order valence-electron chi connectivity index (χ3n) is 3.22. The van der Waals surface area contributed by atoms with Gasteiger partial charge >= 0.3 is 0 Å². The lowest BCUT2D eigenvalue weighted by Gasteiger charge is -2.41. The second-order valence-electron chi connectivity index (χ2n) is 4.71. The predicted molar refractivity (Wildman–Crippen MR) is 83.5 cm³/mol. The summed E-state index contributed by atoms with van der Waals surface area (Å²) in [4.78, 5) is 0. The van der Waals surface area contributed by atoms with Crippen LogP contribution >= 0.6 is 31.9 Å². The van der Waals surface area contributed by atoms with Crippen molar-refractivity contribution in [3.8, 4) is 11.5 Å². The highest BCUT2D eigenvalue weighted by atomic mass is 79.9. The van der Waals surface area contributed by atoms with Crippen molar-refractivity contribution >= 4 is 31.9 Å². The zero-order valence-electron chi connectivity index (χ0n) is 11.4.